The summed E-state index contributed by atoms with van der Waals surface area (Å²) in [6, 6.07) is -0.210. The number of imidazole rings is 1. The van der Waals surface area contributed by atoms with E-state index < -0.39 is 0 Å². The second-order valence-corrected chi connectivity index (χ2v) is 2.73. The molecule has 0 aliphatic carbocycles. The van der Waals surface area contributed by atoms with Gasteiger partial charge >= 0.3 is 0 Å². The summed E-state index contributed by atoms with van der Waals surface area (Å²) < 4.78 is 0. The summed E-state index contributed by atoms with van der Waals surface area (Å²) in [7, 11) is 1.75. The minimum absolute atomic E-state index is 0.00269. The predicted molar refractivity (Wildman–Crippen MR) is 50.3 cm³/mol. The van der Waals surface area contributed by atoms with Crippen molar-refractivity contribution in [1.29, 1.82) is 0 Å². The second-order valence-electron chi connectivity index (χ2n) is 2.73. The molecule has 1 atom stereocenters. The monoisotopic (exact) mass is 179 g/mol. The average molecular weight is 179 g/mol. The molecular formula is C9H13N3O. The third-order valence-electron chi connectivity index (χ3n) is 1.87. The third kappa shape index (κ3) is 2.52. The minimum atomic E-state index is -0.210. The van der Waals surface area contributed by atoms with Crippen molar-refractivity contribution in [2.45, 2.75) is 12.5 Å². The molecule has 0 spiro atoms. The highest BCUT2D eigenvalue weighted by molar-refractivity contribution is 5.93. The molecule has 0 saturated heterocycles. The fourth-order valence-electron chi connectivity index (χ4n) is 1.10. The molecule has 0 fully saturated rings. The zero-order valence-electron chi connectivity index (χ0n) is 7.58. The van der Waals surface area contributed by atoms with Gasteiger partial charge in [-0.05, 0) is 13.1 Å². The molecule has 2 N–H and O–H groups in total. The third-order valence-corrected chi connectivity index (χ3v) is 1.87. The van der Waals surface area contributed by atoms with Gasteiger partial charge in [-0.1, -0.05) is 6.58 Å². The van der Waals surface area contributed by atoms with Crippen LogP contribution in [0.25, 0.3) is 0 Å². The summed E-state index contributed by atoms with van der Waals surface area (Å²) in [5, 5.41) is 2.92. The number of carbonyl (C=O) groups is 1. The zero-order valence-corrected chi connectivity index (χ0v) is 7.58. The lowest BCUT2D eigenvalue weighted by Crippen LogP contribution is -2.34. The molecule has 0 unspecified atom stereocenters. The number of hydrogen-bond donors (Lipinski definition) is 2. The van der Waals surface area contributed by atoms with Gasteiger partial charge in [0.25, 0.3) is 0 Å². The van der Waals surface area contributed by atoms with Gasteiger partial charge in [-0.15, -0.1) is 0 Å². The SMILES string of the molecule is C=CC(=O)[C@H](Cc1cnc[nH]1)NC. The molecule has 1 heterocycles. The van der Waals surface area contributed by atoms with E-state index in [0.717, 1.165) is 5.69 Å². The van der Waals surface area contributed by atoms with Crippen LogP contribution in [0.4, 0.5) is 0 Å². The number of rotatable bonds is 5. The predicted octanol–water partition coefficient (Wildman–Crippen LogP) is 0.295. The van der Waals surface area contributed by atoms with Crippen molar-refractivity contribution < 1.29 is 4.79 Å². The van der Waals surface area contributed by atoms with Crippen molar-refractivity contribution in [2.24, 2.45) is 0 Å². The van der Waals surface area contributed by atoms with Crippen molar-refractivity contribution in [3.8, 4) is 0 Å². The van der Waals surface area contributed by atoms with Gasteiger partial charge in [0.15, 0.2) is 5.78 Å². The number of aromatic amines is 1. The van der Waals surface area contributed by atoms with Crippen LogP contribution >= 0.6 is 0 Å². The molecule has 0 saturated carbocycles. The Hall–Kier alpha value is -1.42. The summed E-state index contributed by atoms with van der Waals surface area (Å²) in [5.41, 5.74) is 0.939. The van der Waals surface area contributed by atoms with Gasteiger partial charge < -0.3 is 10.3 Å². The van der Waals surface area contributed by atoms with Crippen LogP contribution in [0.5, 0.6) is 0 Å². The van der Waals surface area contributed by atoms with Gasteiger partial charge in [-0.2, -0.15) is 0 Å². The number of H-pyrrole nitrogens is 1. The van der Waals surface area contributed by atoms with E-state index in [9.17, 15) is 4.79 Å². The fourth-order valence-corrected chi connectivity index (χ4v) is 1.10. The Kier molecular flexibility index (Phi) is 3.40. The standard InChI is InChI=1S/C9H13N3O/c1-3-9(13)8(10-2)4-7-5-11-6-12-7/h3,5-6,8,10H,1,4H2,2H3,(H,11,12)/t8-/m0/s1. The van der Waals surface area contributed by atoms with Crippen molar-refractivity contribution >= 4 is 5.78 Å². The maximum absolute atomic E-state index is 11.3. The highest BCUT2D eigenvalue weighted by Gasteiger charge is 2.13. The van der Waals surface area contributed by atoms with Crippen LogP contribution in [-0.4, -0.2) is 28.8 Å². The van der Waals surface area contributed by atoms with E-state index >= 15 is 0 Å². The van der Waals surface area contributed by atoms with Crippen molar-refractivity contribution in [1.82, 2.24) is 15.3 Å². The smallest absolute Gasteiger partial charge is 0.172 e. The van der Waals surface area contributed by atoms with E-state index in [-0.39, 0.29) is 11.8 Å². The molecule has 0 aliphatic heterocycles. The molecule has 0 aromatic carbocycles. The first-order valence-corrected chi connectivity index (χ1v) is 4.08. The van der Waals surface area contributed by atoms with Crippen molar-refractivity contribution in [3.05, 3.63) is 30.9 Å². The van der Waals surface area contributed by atoms with Gasteiger partial charge in [-0.3, -0.25) is 4.79 Å². The summed E-state index contributed by atoms with van der Waals surface area (Å²) in [4.78, 5) is 18.1. The molecule has 0 aliphatic rings. The first-order valence-electron chi connectivity index (χ1n) is 4.08. The van der Waals surface area contributed by atoms with Crippen LogP contribution in [0, 0.1) is 0 Å². The summed E-state index contributed by atoms with van der Waals surface area (Å²) >= 11 is 0. The highest BCUT2D eigenvalue weighted by atomic mass is 16.1. The second kappa shape index (κ2) is 4.57. The lowest BCUT2D eigenvalue weighted by molar-refractivity contribution is -0.116. The van der Waals surface area contributed by atoms with Crippen LogP contribution in [0.15, 0.2) is 25.2 Å². The molecule has 4 heteroatoms. The maximum atomic E-state index is 11.3. The van der Waals surface area contributed by atoms with Crippen LogP contribution in [-0.2, 0) is 11.2 Å². The molecule has 1 aromatic heterocycles. The number of hydrogen-bond acceptors (Lipinski definition) is 3. The molecule has 0 radical (unpaired) electrons. The summed E-state index contributed by atoms with van der Waals surface area (Å²) in [6.45, 7) is 3.44. The van der Waals surface area contributed by atoms with Crippen LogP contribution in [0.3, 0.4) is 0 Å². The maximum Gasteiger partial charge on any atom is 0.172 e. The Balaban J connectivity index is 2.59. The molecule has 0 bridgehead atoms. The van der Waals surface area contributed by atoms with Crippen molar-refractivity contribution in [2.75, 3.05) is 7.05 Å². The van der Waals surface area contributed by atoms with E-state index in [0.29, 0.717) is 6.42 Å². The van der Waals surface area contributed by atoms with E-state index in [4.69, 9.17) is 0 Å². The number of nitrogens with one attached hydrogen (secondary N) is 2. The molecule has 70 valence electrons. The average Bonchev–Trinajstić information content (AvgIpc) is 2.65. The van der Waals surface area contributed by atoms with E-state index in [2.05, 4.69) is 21.9 Å². The van der Waals surface area contributed by atoms with E-state index in [1.807, 2.05) is 0 Å². The Morgan fingerprint density at radius 1 is 1.92 bits per heavy atom. The molecule has 13 heavy (non-hydrogen) atoms. The van der Waals surface area contributed by atoms with Gasteiger partial charge in [0, 0.05) is 18.3 Å². The largest absolute Gasteiger partial charge is 0.348 e. The van der Waals surface area contributed by atoms with Crippen LogP contribution in [0.2, 0.25) is 0 Å². The summed E-state index contributed by atoms with van der Waals surface area (Å²) in [6.07, 6.45) is 5.25. The van der Waals surface area contributed by atoms with Gasteiger partial charge in [0.1, 0.15) is 0 Å². The lowest BCUT2D eigenvalue weighted by atomic mass is 10.1. The Morgan fingerprint density at radius 2 is 2.69 bits per heavy atom. The minimum Gasteiger partial charge on any atom is -0.348 e. The topological polar surface area (TPSA) is 57.8 Å². The van der Waals surface area contributed by atoms with E-state index in [1.54, 1.807) is 19.6 Å². The molecule has 0 amide bonds. The van der Waals surface area contributed by atoms with Gasteiger partial charge in [0.2, 0.25) is 0 Å². The van der Waals surface area contributed by atoms with Gasteiger partial charge in [0.05, 0.1) is 12.4 Å². The highest BCUT2D eigenvalue weighted by Crippen LogP contribution is 1.99. The Labute approximate surface area is 77.1 Å². The van der Waals surface area contributed by atoms with Gasteiger partial charge in [-0.25, -0.2) is 4.98 Å². The number of carbonyl (C=O) groups excluding carboxylic acids is 1. The number of aromatic nitrogens is 2. The molecule has 1 aromatic rings. The Morgan fingerprint density at radius 3 is 3.15 bits per heavy atom. The van der Waals surface area contributed by atoms with E-state index in [1.165, 1.54) is 6.08 Å². The van der Waals surface area contributed by atoms with Crippen LogP contribution < -0.4 is 5.32 Å². The lowest BCUT2D eigenvalue weighted by Gasteiger charge is -2.10. The normalized spacial score (nSPS) is 12.4. The van der Waals surface area contributed by atoms with Crippen LogP contribution in [0.1, 0.15) is 5.69 Å². The first-order chi connectivity index (χ1) is 6.27. The first kappa shape index (κ1) is 9.67. The quantitative estimate of drug-likeness (QED) is 0.639. The fraction of sp³-hybridized carbons (Fsp3) is 0.333. The molecule has 1 rings (SSSR count). The molecule has 4 nitrogen and oxygen atoms in total. The number of likely N-dealkylation sites (N-methyl/N-ethyl adjacent to an activating group) is 1. The Bertz CT molecular complexity index is 279. The number of nitrogens with zero attached hydrogens (tertiary/aromatic N) is 1. The molecular weight excluding hydrogens is 166 g/mol. The zero-order chi connectivity index (χ0) is 9.68. The number of ketones is 1. The summed E-state index contributed by atoms with van der Waals surface area (Å²) in [5.74, 6) is -0.00269. The van der Waals surface area contributed by atoms with Crippen molar-refractivity contribution in [3.63, 3.8) is 0 Å².